The Kier molecular flexibility index (Phi) is 5.95. The number of carbonyl (C=O) groups excluding carboxylic acids is 1. The third kappa shape index (κ3) is 4.99. The SMILES string of the molecule is COCCOc1ccc(NC(=O)C2CCC(N)CC2)cn1. The molecule has 116 valence electrons. The molecule has 6 nitrogen and oxygen atoms in total. The minimum Gasteiger partial charge on any atom is -0.475 e. The van der Waals surface area contributed by atoms with Gasteiger partial charge in [0.15, 0.2) is 0 Å². The quantitative estimate of drug-likeness (QED) is 0.777. The van der Waals surface area contributed by atoms with Crippen molar-refractivity contribution in [3.8, 4) is 5.88 Å². The summed E-state index contributed by atoms with van der Waals surface area (Å²) in [6.45, 7) is 0.974. The molecule has 1 heterocycles. The number of pyridine rings is 1. The Morgan fingerprint density at radius 3 is 2.71 bits per heavy atom. The number of carbonyl (C=O) groups is 1. The van der Waals surface area contributed by atoms with Crippen LogP contribution in [0.4, 0.5) is 5.69 Å². The average molecular weight is 293 g/mol. The molecule has 1 aromatic rings. The lowest BCUT2D eigenvalue weighted by Gasteiger charge is -2.25. The number of nitrogens with zero attached hydrogens (tertiary/aromatic N) is 1. The summed E-state index contributed by atoms with van der Waals surface area (Å²) in [6.07, 6.45) is 5.16. The van der Waals surface area contributed by atoms with Crippen LogP contribution < -0.4 is 15.8 Å². The molecule has 1 amide bonds. The first-order valence-electron chi connectivity index (χ1n) is 7.33. The Balaban J connectivity index is 1.81. The highest BCUT2D eigenvalue weighted by atomic mass is 16.5. The summed E-state index contributed by atoms with van der Waals surface area (Å²) in [7, 11) is 1.62. The lowest BCUT2D eigenvalue weighted by Crippen LogP contribution is -2.32. The van der Waals surface area contributed by atoms with Crippen molar-refractivity contribution >= 4 is 11.6 Å². The van der Waals surface area contributed by atoms with Crippen LogP contribution in [0.2, 0.25) is 0 Å². The van der Waals surface area contributed by atoms with Gasteiger partial charge in [0.25, 0.3) is 0 Å². The third-order valence-electron chi connectivity index (χ3n) is 3.68. The van der Waals surface area contributed by atoms with Crippen LogP contribution in [-0.2, 0) is 9.53 Å². The van der Waals surface area contributed by atoms with E-state index in [-0.39, 0.29) is 17.9 Å². The molecule has 3 N–H and O–H groups in total. The molecule has 21 heavy (non-hydrogen) atoms. The summed E-state index contributed by atoms with van der Waals surface area (Å²) < 4.78 is 10.3. The summed E-state index contributed by atoms with van der Waals surface area (Å²) in [6, 6.07) is 3.78. The topological polar surface area (TPSA) is 86.5 Å². The fraction of sp³-hybridized carbons (Fsp3) is 0.600. The predicted octanol–water partition coefficient (Wildman–Crippen LogP) is 1.56. The number of anilines is 1. The molecule has 1 aromatic heterocycles. The second-order valence-electron chi connectivity index (χ2n) is 5.33. The van der Waals surface area contributed by atoms with Crippen molar-refractivity contribution in [3.05, 3.63) is 18.3 Å². The summed E-state index contributed by atoms with van der Waals surface area (Å²) in [4.78, 5) is 16.3. The number of nitrogens with two attached hydrogens (primary N) is 1. The Morgan fingerprint density at radius 1 is 1.33 bits per heavy atom. The second-order valence-corrected chi connectivity index (χ2v) is 5.33. The van der Waals surface area contributed by atoms with Crippen LogP contribution in [0, 0.1) is 5.92 Å². The number of methoxy groups -OCH3 is 1. The van der Waals surface area contributed by atoms with Crippen molar-refractivity contribution in [1.82, 2.24) is 4.98 Å². The molecule has 1 aliphatic carbocycles. The number of rotatable bonds is 6. The number of aromatic nitrogens is 1. The Morgan fingerprint density at radius 2 is 2.10 bits per heavy atom. The van der Waals surface area contributed by atoms with Crippen molar-refractivity contribution in [2.24, 2.45) is 11.7 Å². The first-order valence-corrected chi connectivity index (χ1v) is 7.33. The fourth-order valence-corrected chi connectivity index (χ4v) is 2.39. The van der Waals surface area contributed by atoms with Gasteiger partial charge in [-0.15, -0.1) is 0 Å². The normalized spacial score (nSPS) is 21.8. The number of hydrogen-bond donors (Lipinski definition) is 2. The van der Waals surface area contributed by atoms with Gasteiger partial charge in [-0.25, -0.2) is 4.98 Å². The van der Waals surface area contributed by atoms with Crippen molar-refractivity contribution in [2.75, 3.05) is 25.6 Å². The number of hydrogen-bond acceptors (Lipinski definition) is 5. The van der Waals surface area contributed by atoms with Gasteiger partial charge >= 0.3 is 0 Å². The highest BCUT2D eigenvalue weighted by Crippen LogP contribution is 2.24. The zero-order chi connectivity index (χ0) is 15.1. The largest absolute Gasteiger partial charge is 0.475 e. The molecule has 1 saturated carbocycles. The minimum absolute atomic E-state index is 0.0525. The monoisotopic (exact) mass is 293 g/mol. The molecule has 0 aliphatic heterocycles. The highest BCUT2D eigenvalue weighted by molar-refractivity contribution is 5.92. The predicted molar refractivity (Wildman–Crippen MR) is 80.2 cm³/mol. The van der Waals surface area contributed by atoms with Crippen LogP contribution in [0.5, 0.6) is 5.88 Å². The standard InChI is InChI=1S/C15H23N3O3/c1-20-8-9-21-14-7-6-13(10-17-14)18-15(19)11-2-4-12(16)5-3-11/h6-7,10-12H,2-5,8-9,16H2,1H3,(H,18,19). The second kappa shape index (κ2) is 7.95. The van der Waals surface area contributed by atoms with Gasteiger partial charge in [-0.05, 0) is 31.7 Å². The summed E-state index contributed by atoms with van der Waals surface area (Å²) in [5.41, 5.74) is 6.54. The van der Waals surface area contributed by atoms with Gasteiger partial charge < -0.3 is 20.5 Å². The lowest BCUT2D eigenvalue weighted by molar-refractivity contribution is -0.120. The van der Waals surface area contributed by atoms with Crippen molar-refractivity contribution in [3.63, 3.8) is 0 Å². The summed E-state index contributed by atoms with van der Waals surface area (Å²) in [5.74, 6) is 0.632. The van der Waals surface area contributed by atoms with E-state index in [1.165, 1.54) is 0 Å². The molecular formula is C15H23N3O3. The molecule has 2 rings (SSSR count). The number of amides is 1. The van der Waals surface area contributed by atoms with Gasteiger partial charge in [-0.1, -0.05) is 0 Å². The van der Waals surface area contributed by atoms with E-state index in [0.717, 1.165) is 25.7 Å². The Bertz CT molecular complexity index is 442. The zero-order valence-corrected chi connectivity index (χ0v) is 12.4. The van der Waals surface area contributed by atoms with E-state index in [0.29, 0.717) is 24.8 Å². The first kappa shape index (κ1) is 15.7. The average Bonchev–Trinajstić information content (AvgIpc) is 2.50. The van der Waals surface area contributed by atoms with E-state index < -0.39 is 0 Å². The smallest absolute Gasteiger partial charge is 0.227 e. The van der Waals surface area contributed by atoms with Gasteiger partial charge in [-0.3, -0.25) is 4.79 Å². The molecule has 0 atom stereocenters. The highest BCUT2D eigenvalue weighted by Gasteiger charge is 2.24. The molecule has 0 bridgehead atoms. The van der Waals surface area contributed by atoms with Gasteiger partial charge in [0.2, 0.25) is 11.8 Å². The van der Waals surface area contributed by atoms with Gasteiger partial charge in [0, 0.05) is 25.1 Å². The zero-order valence-electron chi connectivity index (χ0n) is 12.4. The number of nitrogens with one attached hydrogen (secondary N) is 1. The molecular weight excluding hydrogens is 270 g/mol. The van der Waals surface area contributed by atoms with Gasteiger partial charge in [0.05, 0.1) is 18.5 Å². The van der Waals surface area contributed by atoms with Crippen LogP contribution in [0.3, 0.4) is 0 Å². The molecule has 0 unspecified atom stereocenters. The fourth-order valence-electron chi connectivity index (χ4n) is 2.39. The van der Waals surface area contributed by atoms with E-state index >= 15 is 0 Å². The lowest BCUT2D eigenvalue weighted by atomic mass is 9.86. The van der Waals surface area contributed by atoms with Crippen LogP contribution in [0.15, 0.2) is 18.3 Å². The summed E-state index contributed by atoms with van der Waals surface area (Å²) >= 11 is 0. The molecule has 1 fully saturated rings. The van der Waals surface area contributed by atoms with Crippen LogP contribution in [0.25, 0.3) is 0 Å². The molecule has 6 heteroatoms. The van der Waals surface area contributed by atoms with Crippen molar-refractivity contribution in [1.29, 1.82) is 0 Å². The minimum atomic E-state index is 0.0525. The Labute approximate surface area is 125 Å². The number of ether oxygens (including phenoxy) is 2. The molecule has 1 aliphatic rings. The molecule has 0 saturated heterocycles. The maximum atomic E-state index is 12.1. The molecule has 0 aromatic carbocycles. The maximum Gasteiger partial charge on any atom is 0.227 e. The van der Waals surface area contributed by atoms with Crippen LogP contribution in [0.1, 0.15) is 25.7 Å². The van der Waals surface area contributed by atoms with E-state index in [1.807, 2.05) is 0 Å². The van der Waals surface area contributed by atoms with Gasteiger partial charge in [-0.2, -0.15) is 0 Å². The van der Waals surface area contributed by atoms with Crippen LogP contribution >= 0.6 is 0 Å². The third-order valence-corrected chi connectivity index (χ3v) is 3.68. The van der Waals surface area contributed by atoms with Gasteiger partial charge in [0.1, 0.15) is 6.61 Å². The molecule has 0 radical (unpaired) electrons. The summed E-state index contributed by atoms with van der Waals surface area (Å²) in [5, 5.41) is 2.90. The van der Waals surface area contributed by atoms with Crippen molar-refractivity contribution < 1.29 is 14.3 Å². The van der Waals surface area contributed by atoms with E-state index in [9.17, 15) is 4.79 Å². The molecule has 0 spiro atoms. The van der Waals surface area contributed by atoms with Crippen LogP contribution in [-0.4, -0.2) is 37.3 Å². The van der Waals surface area contributed by atoms with E-state index in [2.05, 4.69) is 10.3 Å². The van der Waals surface area contributed by atoms with E-state index in [4.69, 9.17) is 15.2 Å². The maximum absolute atomic E-state index is 12.1. The Hall–Kier alpha value is -1.66. The van der Waals surface area contributed by atoms with E-state index in [1.54, 1.807) is 25.4 Å². The van der Waals surface area contributed by atoms with Crippen molar-refractivity contribution in [2.45, 2.75) is 31.7 Å². The first-order chi connectivity index (χ1) is 10.2.